The molecule has 2 heterocycles. The van der Waals surface area contributed by atoms with Crippen LogP contribution in [0.15, 0.2) is 30.3 Å². The Kier molecular flexibility index (Phi) is 4.84. The highest BCUT2D eigenvalue weighted by molar-refractivity contribution is 7.79. The molecule has 3 rings (SSSR count). The van der Waals surface area contributed by atoms with E-state index in [0.29, 0.717) is 12.4 Å². The average molecular weight is 340 g/mol. The normalized spacial score (nSPS) is 32.1. The molecule has 1 aromatic rings. The van der Waals surface area contributed by atoms with Crippen molar-refractivity contribution >= 4 is 17.5 Å². The summed E-state index contributed by atoms with van der Waals surface area (Å²) in [4.78, 5) is 0. The van der Waals surface area contributed by atoms with E-state index in [2.05, 4.69) is 0 Å². The third kappa shape index (κ3) is 3.81. The summed E-state index contributed by atoms with van der Waals surface area (Å²) in [6, 6.07) is 9.19. The van der Waals surface area contributed by atoms with Crippen molar-refractivity contribution in [3.63, 3.8) is 0 Å². The van der Waals surface area contributed by atoms with Crippen LogP contribution in [0.1, 0.15) is 13.8 Å². The Hall–Kier alpha value is -1.25. The largest absolute Gasteiger partial charge is 0.445 e. The first kappa shape index (κ1) is 16.6. The zero-order valence-electron chi connectivity index (χ0n) is 13.3. The number of methoxy groups -OCH3 is 1. The summed E-state index contributed by atoms with van der Waals surface area (Å²) in [6.45, 7) is 4.07. The molecular weight excluding hydrogens is 320 g/mol. The Morgan fingerprint density at radius 2 is 1.96 bits per heavy atom. The molecule has 0 aromatic heterocycles. The van der Waals surface area contributed by atoms with Crippen LogP contribution >= 0.6 is 12.2 Å². The van der Waals surface area contributed by atoms with Crippen molar-refractivity contribution in [3.8, 4) is 5.75 Å². The summed E-state index contributed by atoms with van der Waals surface area (Å²) >= 11 is 5.18. The van der Waals surface area contributed by atoms with Crippen molar-refractivity contribution < 1.29 is 28.4 Å². The molecule has 0 amide bonds. The smallest absolute Gasteiger partial charge is 0.358 e. The standard InChI is InChI=1S/C16H20O6S/c1-16(2)21-11-9-18-14(17-3)13(12(11)22-16)20-15(23)19-10-7-5-4-6-8-10/h4-8,11-14H,9H2,1-3H3/t11-,12-,13+,14-/m0/s1. The molecule has 2 saturated heterocycles. The van der Waals surface area contributed by atoms with Crippen LogP contribution in [-0.4, -0.2) is 49.3 Å². The van der Waals surface area contributed by atoms with Crippen LogP contribution in [0.5, 0.6) is 5.75 Å². The molecular formula is C16H20O6S. The first-order valence-corrected chi connectivity index (χ1v) is 7.83. The SMILES string of the molecule is CO[C@H]1OC[C@@H]2OC(C)(C)O[C@@H]2[C@H]1OC(=S)Oc1ccccc1. The summed E-state index contributed by atoms with van der Waals surface area (Å²) in [7, 11) is 1.55. The highest BCUT2D eigenvalue weighted by atomic mass is 32.1. The first-order valence-electron chi connectivity index (χ1n) is 7.42. The monoisotopic (exact) mass is 340 g/mol. The van der Waals surface area contributed by atoms with Crippen molar-refractivity contribution in [3.05, 3.63) is 30.3 Å². The number of fused-ring (bicyclic) bond motifs is 1. The fourth-order valence-electron chi connectivity index (χ4n) is 2.75. The second kappa shape index (κ2) is 6.70. The van der Waals surface area contributed by atoms with Crippen LogP contribution in [0.4, 0.5) is 0 Å². The Morgan fingerprint density at radius 3 is 2.65 bits per heavy atom. The number of para-hydroxylation sites is 1. The first-order chi connectivity index (χ1) is 11.0. The summed E-state index contributed by atoms with van der Waals surface area (Å²) in [5.74, 6) is -0.103. The predicted molar refractivity (Wildman–Crippen MR) is 85.1 cm³/mol. The Bertz CT molecular complexity index is 549. The lowest BCUT2D eigenvalue weighted by Crippen LogP contribution is -2.54. The van der Waals surface area contributed by atoms with E-state index in [0.717, 1.165) is 0 Å². The van der Waals surface area contributed by atoms with Gasteiger partial charge < -0.3 is 28.4 Å². The lowest BCUT2D eigenvalue weighted by atomic mass is 10.1. The maximum absolute atomic E-state index is 5.93. The number of ether oxygens (including phenoxy) is 6. The Balaban J connectivity index is 1.69. The van der Waals surface area contributed by atoms with Gasteiger partial charge in [0.2, 0.25) is 0 Å². The Morgan fingerprint density at radius 1 is 1.22 bits per heavy atom. The van der Waals surface area contributed by atoms with E-state index in [1.54, 1.807) is 19.2 Å². The fraction of sp³-hybridized carbons (Fsp3) is 0.562. The van der Waals surface area contributed by atoms with Gasteiger partial charge >= 0.3 is 5.24 Å². The quantitative estimate of drug-likeness (QED) is 0.782. The van der Waals surface area contributed by atoms with Crippen LogP contribution in [0.3, 0.4) is 0 Å². The average Bonchev–Trinajstić information content (AvgIpc) is 2.83. The minimum absolute atomic E-state index is 0.0131. The van der Waals surface area contributed by atoms with E-state index in [9.17, 15) is 0 Å². The number of benzene rings is 1. The van der Waals surface area contributed by atoms with E-state index >= 15 is 0 Å². The summed E-state index contributed by atoms with van der Waals surface area (Å²) in [5, 5.41) is -0.0131. The topological polar surface area (TPSA) is 55.4 Å². The van der Waals surface area contributed by atoms with E-state index in [4.69, 9.17) is 40.6 Å². The molecule has 4 atom stereocenters. The molecule has 2 aliphatic rings. The van der Waals surface area contributed by atoms with Crippen LogP contribution < -0.4 is 4.74 Å². The second-order valence-corrected chi connectivity index (χ2v) is 6.16. The van der Waals surface area contributed by atoms with Gasteiger partial charge in [0.15, 0.2) is 18.2 Å². The number of rotatable bonds is 3. The molecule has 2 fully saturated rings. The number of hydrogen-bond donors (Lipinski definition) is 0. The van der Waals surface area contributed by atoms with Gasteiger partial charge in [-0.1, -0.05) is 18.2 Å². The van der Waals surface area contributed by atoms with Crippen molar-refractivity contribution in [2.75, 3.05) is 13.7 Å². The van der Waals surface area contributed by atoms with Gasteiger partial charge in [-0.25, -0.2) is 0 Å². The second-order valence-electron chi connectivity index (χ2n) is 5.82. The number of thiocarbonyl (C=S) groups is 1. The van der Waals surface area contributed by atoms with Crippen molar-refractivity contribution in [2.45, 2.75) is 44.2 Å². The lowest BCUT2D eigenvalue weighted by molar-refractivity contribution is -0.239. The molecule has 2 aliphatic heterocycles. The third-order valence-corrected chi connectivity index (χ3v) is 3.83. The predicted octanol–water partition coefficient (Wildman–Crippen LogP) is 2.26. The highest BCUT2D eigenvalue weighted by Crippen LogP contribution is 2.36. The molecule has 0 bridgehead atoms. The zero-order chi connectivity index (χ0) is 16.4. The van der Waals surface area contributed by atoms with Gasteiger partial charge in [0.25, 0.3) is 0 Å². The highest BCUT2D eigenvalue weighted by Gasteiger charge is 2.53. The molecule has 23 heavy (non-hydrogen) atoms. The van der Waals surface area contributed by atoms with E-state index in [1.165, 1.54) is 0 Å². The van der Waals surface area contributed by atoms with Crippen molar-refractivity contribution in [1.29, 1.82) is 0 Å². The van der Waals surface area contributed by atoms with Gasteiger partial charge in [-0.05, 0) is 26.0 Å². The van der Waals surface area contributed by atoms with Crippen LogP contribution in [0.25, 0.3) is 0 Å². The maximum atomic E-state index is 5.93. The molecule has 7 heteroatoms. The van der Waals surface area contributed by atoms with Gasteiger partial charge in [0, 0.05) is 19.3 Å². The van der Waals surface area contributed by atoms with Crippen LogP contribution in [0, 0.1) is 0 Å². The molecule has 0 unspecified atom stereocenters. The van der Waals surface area contributed by atoms with Crippen molar-refractivity contribution in [2.24, 2.45) is 0 Å². The van der Waals surface area contributed by atoms with Crippen LogP contribution in [0.2, 0.25) is 0 Å². The minimum Gasteiger partial charge on any atom is -0.445 e. The van der Waals surface area contributed by atoms with Gasteiger partial charge in [-0.15, -0.1) is 0 Å². The van der Waals surface area contributed by atoms with Gasteiger partial charge in [-0.3, -0.25) is 0 Å². The summed E-state index contributed by atoms with van der Waals surface area (Å²) in [6.07, 6.45) is -1.76. The maximum Gasteiger partial charge on any atom is 0.358 e. The molecule has 0 radical (unpaired) electrons. The van der Waals surface area contributed by atoms with E-state index in [-0.39, 0.29) is 17.4 Å². The molecule has 0 saturated carbocycles. The zero-order valence-corrected chi connectivity index (χ0v) is 14.1. The molecule has 6 nitrogen and oxygen atoms in total. The van der Waals surface area contributed by atoms with Gasteiger partial charge in [-0.2, -0.15) is 0 Å². The number of hydrogen-bond acceptors (Lipinski definition) is 7. The summed E-state index contributed by atoms with van der Waals surface area (Å²) in [5.41, 5.74) is 0. The molecule has 0 spiro atoms. The van der Waals surface area contributed by atoms with E-state index < -0.39 is 18.2 Å². The molecule has 126 valence electrons. The third-order valence-electron chi connectivity index (χ3n) is 3.65. The fourth-order valence-corrected chi connectivity index (χ4v) is 2.96. The lowest BCUT2D eigenvalue weighted by Gasteiger charge is -2.36. The van der Waals surface area contributed by atoms with Gasteiger partial charge in [0.1, 0.15) is 18.0 Å². The molecule has 0 aliphatic carbocycles. The minimum atomic E-state index is -0.704. The molecule has 0 N–H and O–H groups in total. The van der Waals surface area contributed by atoms with E-state index in [1.807, 2.05) is 32.0 Å². The summed E-state index contributed by atoms with van der Waals surface area (Å²) < 4.78 is 34.0. The van der Waals surface area contributed by atoms with Crippen molar-refractivity contribution in [1.82, 2.24) is 0 Å². The molecule has 1 aromatic carbocycles. The van der Waals surface area contributed by atoms with Gasteiger partial charge in [0.05, 0.1) is 6.61 Å². The Labute approximate surface area is 140 Å². The van der Waals surface area contributed by atoms with Crippen LogP contribution in [-0.2, 0) is 23.7 Å².